The molecule has 0 aromatic carbocycles. The number of allylic oxidation sites excluding steroid dienone is 1. The number of amides is 2. The Morgan fingerprint density at radius 2 is 2.00 bits per heavy atom. The predicted octanol–water partition coefficient (Wildman–Crippen LogP) is 2.19. The van der Waals surface area contributed by atoms with E-state index in [-0.39, 0.29) is 24.2 Å². The smallest absolute Gasteiger partial charge is 0.318 e. The van der Waals surface area contributed by atoms with E-state index in [0.29, 0.717) is 26.0 Å². The van der Waals surface area contributed by atoms with Crippen molar-refractivity contribution in [3.63, 3.8) is 0 Å². The van der Waals surface area contributed by atoms with Gasteiger partial charge in [-0.1, -0.05) is 0 Å². The van der Waals surface area contributed by atoms with Gasteiger partial charge in [-0.3, -0.25) is 14.4 Å². The fraction of sp³-hybridized carbons (Fsp3) is 0.750. The molecule has 0 spiro atoms. The van der Waals surface area contributed by atoms with Crippen LogP contribution in [0.25, 0.3) is 0 Å². The van der Waals surface area contributed by atoms with Crippen LogP contribution in [-0.4, -0.2) is 65.3 Å². The molecule has 27 heavy (non-hydrogen) atoms. The maximum Gasteiger partial charge on any atom is 0.318 e. The van der Waals surface area contributed by atoms with Gasteiger partial charge in [0.05, 0.1) is 6.61 Å². The highest BCUT2D eigenvalue weighted by atomic mass is 32.2. The van der Waals surface area contributed by atoms with E-state index in [2.05, 4.69) is 0 Å². The van der Waals surface area contributed by atoms with E-state index in [1.807, 2.05) is 28.5 Å². The maximum absolute atomic E-state index is 13.2. The molecule has 0 saturated carbocycles. The second-order valence-corrected chi connectivity index (χ2v) is 9.17. The molecule has 0 unspecified atom stereocenters. The van der Waals surface area contributed by atoms with Crippen molar-refractivity contribution in [3.8, 4) is 0 Å². The van der Waals surface area contributed by atoms with E-state index in [1.165, 1.54) is 5.57 Å². The summed E-state index contributed by atoms with van der Waals surface area (Å²) in [4.78, 5) is 42.7. The van der Waals surface area contributed by atoms with Gasteiger partial charge in [-0.2, -0.15) is 11.8 Å². The molecular weight excluding hydrogens is 364 g/mol. The molecule has 2 fully saturated rings. The van der Waals surface area contributed by atoms with Crippen LogP contribution in [0.1, 0.15) is 45.4 Å². The molecule has 2 amide bonds. The van der Waals surface area contributed by atoms with E-state index in [4.69, 9.17) is 4.74 Å². The summed E-state index contributed by atoms with van der Waals surface area (Å²) in [7, 11) is 0. The SMILES string of the molecule is CCOC(=O)[C@@]12CCC3=C1N(CCC3)C(=O)[C@H](CC(=O)N1CCSCC1)C2. The number of nitrogens with zero attached hydrogens (tertiary/aromatic N) is 2. The Labute approximate surface area is 164 Å². The van der Waals surface area contributed by atoms with Crippen molar-refractivity contribution < 1.29 is 19.1 Å². The highest BCUT2D eigenvalue weighted by molar-refractivity contribution is 7.99. The first-order valence-electron chi connectivity index (χ1n) is 10.1. The summed E-state index contributed by atoms with van der Waals surface area (Å²) in [6.45, 7) is 4.33. The lowest BCUT2D eigenvalue weighted by atomic mass is 9.71. The molecule has 6 nitrogen and oxygen atoms in total. The molecule has 3 aliphatic heterocycles. The van der Waals surface area contributed by atoms with E-state index in [0.717, 1.165) is 49.6 Å². The third kappa shape index (κ3) is 3.18. The minimum Gasteiger partial charge on any atom is -0.465 e. The Balaban J connectivity index is 1.60. The van der Waals surface area contributed by atoms with Gasteiger partial charge in [0.15, 0.2) is 0 Å². The number of esters is 1. The highest BCUT2D eigenvalue weighted by Crippen LogP contribution is 2.55. The van der Waals surface area contributed by atoms with Crippen LogP contribution in [0, 0.1) is 11.3 Å². The largest absolute Gasteiger partial charge is 0.465 e. The number of rotatable bonds is 4. The van der Waals surface area contributed by atoms with E-state index in [9.17, 15) is 14.4 Å². The van der Waals surface area contributed by atoms with Gasteiger partial charge in [-0.05, 0) is 44.6 Å². The molecule has 148 valence electrons. The Morgan fingerprint density at radius 1 is 1.22 bits per heavy atom. The number of hydrogen-bond donors (Lipinski definition) is 0. The lowest BCUT2D eigenvalue weighted by Gasteiger charge is -2.46. The molecule has 4 aliphatic rings. The molecule has 0 bridgehead atoms. The van der Waals surface area contributed by atoms with Crippen LogP contribution in [0.2, 0.25) is 0 Å². The Hall–Kier alpha value is -1.50. The fourth-order valence-electron chi connectivity index (χ4n) is 5.21. The van der Waals surface area contributed by atoms with Crippen LogP contribution < -0.4 is 0 Å². The number of ether oxygens (including phenoxy) is 1. The third-order valence-electron chi connectivity index (χ3n) is 6.43. The van der Waals surface area contributed by atoms with Gasteiger partial charge in [-0.15, -0.1) is 0 Å². The monoisotopic (exact) mass is 392 g/mol. The number of carbonyl (C=O) groups excluding carboxylic acids is 3. The zero-order valence-electron chi connectivity index (χ0n) is 16.0. The van der Waals surface area contributed by atoms with Crippen molar-refractivity contribution in [2.24, 2.45) is 11.3 Å². The molecule has 4 rings (SSSR count). The topological polar surface area (TPSA) is 66.9 Å². The first-order chi connectivity index (χ1) is 13.1. The molecule has 7 heteroatoms. The molecule has 2 atom stereocenters. The average molecular weight is 393 g/mol. The van der Waals surface area contributed by atoms with Gasteiger partial charge in [0, 0.05) is 49.2 Å². The van der Waals surface area contributed by atoms with Gasteiger partial charge >= 0.3 is 5.97 Å². The second kappa shape index (κ2) is 7.49. The van der Waals surface area contributed by atoms with Crippen LogP contribution in [0.3, 0.4) is 0 Å². The number of piperidine rings is 1. The summed E-state index contributed by atoms with van der Waals surface area (Å²) >= 11 is 1.86. The van der Waals surface area contributed by atoms with Crippen molar-refractivity contribution in [2.75, 3.05) is 37.7 Å². The summed E-state index contributed by atoms with van der Waals surface area (Å²) < 4.78 is 5.45. The Morgan fingerprint density at radius 3 is 2.74 bits per heavy atom. The lowest BCUT2D eigenvalue weighted by Crippen LogP contribution is -2.53. The van der Waals surface area contributed by atoms with Crippen molar-refractivity contribution >= 4 is 29.5 Å². The quantitative estimate of drug-likeness (QED) is 0.686. The second-order valence-electron chi connectivity index (χ2n) is 7.95. The summed E-state index contributed by atoms with van der Waals surface area (Å²) in [6, 6.07) is 0. The summed E-state index contributed by atoms with van der Waals surface area (Å²) in [5.74, 6) is 1.37. The molecule has 1 aliphatic carbocycles. The van der Waals surface area contributed by atoms with Gasteiger partial charge in [0.25, 0.3) is 0 Å². The third-order valence-corrected chi connectivity index (χ3v) is 7.38. The van der Waals surface area contributed by atoms with Crippen LogP contribution in [0.4, 0.5) is 0 Å². The predicted molar refractivity (Wildman–Crippen MR) is 103 cm³/mol. The minimum atomic E-state index is -0.720. The van der Waals surface area contributed by atoms with E-state index < -0.39 is 11.3 Å². The number of thioether (sulfide) groups is 1. The van der Waals surface area contributed by atoms with Crippen LogP contribution in [0.5, 0.6) is 0 Å². The van der Waals surface area contributed by atoms with E-state index in [1.54, 1.807) is 0 Å². The van der Waals surface area contributed by atoms with Crippen molar-refractivity contribution in [2.45, 2.75) is 45.4 Å². The summed E-state index contributed by atoms with van der Waals surface area (Å²) in [5, 5.41) is 0. The molecule has 0 radical (unpaired) electrons. The molecule has 0 aromatic rings. The van der Waals surface area contributed by atoms with Gasteiger partial charge < -0.3 is 14.5 Å². The van der Waals surface area contributed by atoms with Crippen molar-refractivity contribution in [1.29, 1.82) is 0 Å². The number of hydrogen-bond acceptors (Lipinski definition) is 5. The Bertz CT molecular complexity index is 685. The van der Waals surface area contributed by atoms with Gasteiger partial charge in [0.1, 0.15) is 5.41 Å². The van der Waals surface area contributed by atoms with Crippen LogP contribution in [-0.2, 0) is 19.1 Å². The first kappa shape index (κ1) is 18.8. The standard InChI is InChI=1S/C20H28N2O4S/c1-2-26-19(25)20-6-5-14-4-3-7-22(17(14)20)18(24)15(13-20)12-16(23)21-8-10-27-11-9-21/h15H,2-13H2,1H3/t15-,20-/m1/s1. The summed E-state index contributed by atoms with van der Waals surface area (Å²) in [5.41, 5.74) is 1.46. The van der Waals surface area contributed by atoms with Crippen LogP contribution in [0.15, 0.2) is 11.3 Å². The first-order valence-corrected chi connectivity index (χ1v) is 11.3. The highest BCUT2D eigenvalue weighted by Gasteiger charge is 2.58. The van der Waals surface area contributed by atoms with Crippen LogP contribution >= 0.6 is 11.8 Å². The zero-order chi connectivity index (χ0) is 19.0. The molecule has 0 N–H and O–H groups in total. The van der Waals surface area contributed by atoms with Gasteiger partial charge in [0.2, 0.25) is 11.8 Å². The van der Waals surface area contributed by atoms with Gasteiger partial charge in [-0.25, -0.2) is 0 Å². The van der Waals surface area contributed by atoms with E-state index >= 15 is 0 Å². The minimum absolute atomic E-state index is 0.0313. The average Bonchev–Trinajstić information content (AvgIpc) is 3.07. The maximum atomic E-state index is 13.2. The van der Waals surface area contributed by atoms with Crippen molar-refractivity contribution in [1.82, 2.24) is 9.80 Å². The number of carbonyl (C=O) groups is 3. The molecule has 0 aromatic heterocycles. The fourth-order valence-corrected chi connectivity index (χ4v) is 6.11. The molecular formula is C20H28N2O4S. The lowest BCUT2D eigenvalue weighted by molar-refractivity contribution is -0.161. The normalized spacial score (nSPS) is 30.4. The zero-order valence-corrected chi connectivity index (χ0v) is 16.8. The molecule has 3 heterocycles. The Kier molecular flexibility index (Phi) is 5.23. The summed E-state index contributed by atoms with van der Waals surface area (Å²) in [6.07, 6.45) is 4.12. The molecule has 2 saturated heterocycles. The van der Waals surface area contributed by atoms with Crippen molar-refractivity contribution in [3.05, 3.63) is 11.3 Å².